The van der Waals surface area contributed by atoms with Crippen molar-refractivity contribution >= 4 is 11.5 Å². The molecule has 0 saturated heterocycles. The number of azo groups is 1. The zero-order valence-electron chi connectivity index (χ0n) is 10.1. The fourth-order valence-corrected chi connectivity index (χ4v) is 1.47. The van der Waals surface area contributed by atoms with E-state index < -0.39 is 0 Å². The van der Waals surface area contributed by atoms with Crippen LogP contribution in [0.15, 0.2) is 82.9 Å². The minimum Gasteiger partial charge on any atom is -0.513 e. The van der Waals surface area contributed by atoms with Crippen molar-refractivity contribution < 1.29 is 9.90 Å². The molecule has 0 aliphatic carbocycles. The molecule has 0 unspecified atom stereocenters. The molecule has 0 aromatic heterocycles. The molecule has 94 valence electrons. The third kappa shape index (κ3) is 3.35. The molecule has 2 aromatic rings. The third-order valence-corrected chi connectivity index (χ3v) is 2.42. The molecule has 4 nitrogen and oxygen atoms in total. The number of nitrogens with zero attached hydrogens (tertiary/aromatic N) is 2. The average molecular weight is 252 g/mol. The van der Waals surface area contributed by atoms with Gasteiger partial charge >= 0.3 is 0 Å². The summed E-state index contributed by atoms with van der Waals surface area (Å²) in [6.07, 6.45) is 0.668. The first-order valence-electron chi connectivity index (χ1n) is 5.72. The summed E-state index contributed by atoms with van der Waals surface area (Å²) < 4.78 is 0. The Balaban J connectivity index is 2.18. The van der Waals surface area contributed by atoms with E-state index >= 15 is 0 Å². The van der Waals surface area contributed by atoms with Crippen LogP contribution in [0.25, 0.3) is 0 Å². The highest BCUT2D eigenvalue weighted by Gasteiger charge is 2.11. The molecule has 2 aromatic carbocycles. The number of aliphatic hydroxyl groups is 1. The van der Waals surface area contributed by atoms with Crippen molar-refractivity contribution in [3.63, 3.8) is 0 Å². The fraction of sp³-hybridized carbons (Fsp3) is 0. The van der Waals surface area contributed by atoms with Crippen molar-refractivity contribution in [1.82, 2.24) is 0 Å². The molecule has 0 atom stereocenters. The molecule has 0 radical (unpaired) electrons. The SMILES string of the molecule is O=C(C(=CO)N=Nc1ccccc1)c1ccccc1. The van der Waals surface area contributed by atoms with E-state index in [0.29, 0.717) is 17.5 Å². The summed E-state index contributed by atoms with van der Waals surface area (Å²) in [6, 6.07) is 17.6. The van der Waals surface area contributed by atoms with Crippen LogP contribution in [0.4, 0.5) is 5.69 Å². The van der Waals surface area contributed by atoms with Gasteiger partial charge in [0.25, 0.3) is 0 Å². The molecule has 0 saturated carbocycles. The van der Waals surface area contributed by atoms with Gasteiger partial charge in [-0.15, -0.1) is 5.11 Å². The van der Waals surface area contributed by atoms with Gasteiger partial charge in [-0.1, -0.05) is 48.5 Å². The van der Waals surface area contributed by atoms with Crippen LogP contribution in [-0.4, -0.2) is 10.9 Å². The van der Waals surface area contributed by atoms with Crippen LogP contribution in [0.3, 0.4) is 0 Å². The third-order valence-electron chi connectivity index (χ3n) is 2.42. The molecule has 1 N–H and O–H groups in total. The largest absolute Gasteiger partial charge is 0.513 e. The van der Waals surface area contributed by atoms with Gasteiger partial charge in [-0.2, -0.15) is 5.11 Å². The van der Waals surface area contributed by atoms with Crippen molar-refractivity contribution in [3.05, 3.63) is 78.2 Å². The summed E-state index contributed by atoms with van der Waals surface area (Å²) in [7, 11) is 0. The summed E-state index contributed by atoms with van der Waals surface area (Å²) >= 11 is 0. The maximum Gasteiger partial charge on any atom is 0.216 e. The van der Waals surface area contributed by atoms with Crippen LogP contribution in [0, 0.1) is 0 Å². The minimum absolute atomic E-state index is 0.102. The van der Waals surface area contributed by atoms with Crippen LogP contribution >= 0.6 is 0 Å². The lowest BCUT2D eigenvalue weighted by Crippen LogP contribution is -2.00. The van der Waals surface area contributed by atoms with Crippen LogP contribution in [0.1, 0.15) is 10.4 Å². The maximum atomic E-state index is 12.0. The molecular formula is C15H12N2O2. The predicted molar refractivity (Wildman–Crippen MR) is 72.4 cm³/mol. The Kier molecular flexibility index (Phi) is 4.18. The molecule has 0 aliphatic rings. The van der Waals surface area contributed by atoms with Crippen LogP contribution in [0.2, 0.25) is 0 Å². The zero-order chi connectivity index (χ0) is 13.5. The Hall–Kier alpha value is -2.75. The number of aliphatic hydroxyl groups excluding tert-OH is 1. The molecule has 0 spiro atoms. The molecule has 19 heavy (non-hydrogen) atoms. The van der Waals surface area contributed by atoms with Gasteiger partial charge in [0.1, 0.15) is 6.26 Å². The van der Waals surface area contributed by atoms with E-state index in [1.807, 2.05) is 24.3 Å². The van der Waals surface area contributed by atoms with E-state index in [4.69, 9.17) is 5.11 Å². The number of allylic oxidation sites excluding steroid dienone is 1. The van der Waals surface area contributed by atoms with Crippen molar-refractivity contribution in [2.24, 2.45) is 10.2 Å². The maximum absolute atomic E-state index is 12.0. The molecule has 0 bridgehead atoms. The Morgan fingerprint density at radius 2 is 1.53 bits per heavy atom. The van der Waals surface area contributed by atoms with E-state index in [0.717, 1.165) is 0 Å². The van der Waals surface area contributed by atoms with Crippen LogP contribution in [0.5, 0.6) is 0 Å². The standard InChI is InChI=1S/C15H12N2O2/c18-11-14(15(19)12-7-3-1-4-8-12)17-16-13-9-5-2-6-10-13/h1-11,18H. The number of ketones is 1. The zero-order valence-corrected chi connectivity index (χ0v) is 10.1. The lowest BCUT2D eigenvalue weighted by Gasteiger charge is -1.99. The lowest BCUT2D eigenvalue weighted by molar-refractivity contribution is 0.102. The van der Waals surface area contributed by atoms with Crippen molar-refractivity contribution in [3.8, 4) is 0 Å². The second-order valence-corrected chi connectivity index (χ2v) is 3.75. The highest BCUT2D eigenvalue weighted by molar-refractivity contribution is 6.08. The fourth-order valence-electron chi connectivity index (χ4n) is 1.47. The Morgan fingerprint density at radius 1 is 0.947 bits per heavy atom. The lowest BCUT2D eigenvalue weighted by atomic mass is 10.1. The van der Waals surface area contributed by atoms with E-state index in [1.54, 1.807) is 36.4 Å². The summed E-state index contributed by atoms with van der Waals surface area (Å²) in [5, 5.41) is 16.8. The summed E-state index contributed by atoms with van der Waals surface area (Å²) in [6.45, 7) is 0. The molecular weight excluding hydrogens is 240 g/mol. The van der Waals surface area contributed by atoms with Gasteiger partial charge in [0.15, 0.2) is 5.70 Å². The van der Waals surface area contributed by atoms with E-state index in [2.05, 4.69) is 10.2 Å². The predicted octanol–water partition coefficient (Wildman–Crippen LogP) is 4.05. The number of rotatable bonds is 4. The highest BCUT2D eigenvalue weighted by Crippen LogP contribution is 2.15. The molecule has 0 aliphatic heterocycles. The van der Waals surface area contributed by atoms with Crippen LogP contribution < -0.4 is 0 Å². The topological polar surface area (TPSA) is 62.0 Å². The normalized spacial score (nSPS) is 11.7. The van der Waals surface area contributed by atoms with Crippen molar-refractivity contribution in [2.45, 2.75) is 0 Å². The molecule has 4 heteroatoms. The quantitative estimate of drug-likeness (QED) is 0.386. The Bertz CT molecular complexity index is 605. The minimum atomic E-state index is -0.372. The summed E-state index contributed by atoms with van der Waals surface area (Å²) in [4.78, 5) is 12.0. The highest BCUT2D eigenvalue weighted by atomic mass is 16.2. The number of Topliss-reactive ketones (excluding diaryl/α,β-unsaturated/α-hetero) is 1. The van der Waals surface area contributed by atoms with Gasteiger partial charge in [0.05, 0.1) is 5.69 Å². The van der Waals surface area contributed by atoms with Gasteiger partial charge in [-0.25, -0.2) is 0 Å². The van der Waals surface area contributed by atoms with Crippen molar-refractivity contribution in [2.75, 3.05) is 0 Å². The Morgan fingerprint density at radius 3 is 2.11 bits per heavy atom. The number of benzene rings is 2. The first kappa shape index (κ1) is 12.7. The Labute approximate surface area is 110 Å². The molecule has 0 heterocycles. The number of carbonyl (C=O) groups excluding carboxylic acids is 1. The van der Waals surface area contributed by atoms with Gasteiger partial charge in [-0.05, 0) is 12.1 Å². The first-order valence-corrected chi connectivity index (χ1v) is 5.72. The second-order valence-electron chi connectivity index (χ2n) is 3.75. The van der Waals surface area contributed by atoms with E-state index in [-0.39, 0.29) is 11.5 Å². The second kappa shape index (κ2) is 6.26. The number of hydrogen-bond donors (Lipinski definition) is 1. The molecule has 0 amide bonds. The van der Waals surface area contributed by atoms with Crippen molar-refractivity contribution in [1.29, 1.82) is 0 Å². The van der Waals surface area contributed by atoms with E-state index in [1.165, 1.54) is 0 Å². The molecule has 0 fully saturated rings. The van der Waals surface area contributed by atoms with Gasteiger partial charge in [0, 0.05) is 5.56 Å². The van der Waals surface area contributed by atoms with Gasteiger partial charge in [-0.3, -0.25) is 4.79 Å². The smallest absolute Gasteiger partial charge is 0.216 e. The average Bonchev–Trinajstić information content (AvgIpc) is 2.49. The van der Waals surface area contributed by atoms with Gasteiger partial charge < -0.3 is 5.11 Å². The number of hydrogen-bond acceptors (Lipinski definition) is 4. The monoisotopic (exact) mass is 252 g/mol. The number of carbonyl (C=O) groups is 1. The van der Waals surface area contributed by atoms with Gasteiger partial charge in [0.2, 0.25) is 5.78 Å². The first-order chi connectivity index (χ1) is 9.31. The van der Waals surface area contributed by atoms with E-state index in [9.17, 15) is 4.79 Å². The molecule has 2 rings (SSSR count). The van der Waals surface area contributed by atoms with Crippen LogP contribution in [-0.2, 0) is 0 Å². The summed E-state index contributed by atoms with van der Waals surface area (Å²) in [5.74, 6) is -0.372. The summed E-state index contributed by atoms with van der Waals surface area (Å²) in [5.41, 5.74) is 0.965.